The number of carbonyl (C=O) groups excluding carboxylic acids is 2. The van der Waals surface area contributed by atoms with Crippen molar-refractivity contribution < 1.29 is 14.3 Å². The topological polar surface area (TPSA) is 79.5 Å². The van der Waals surface area contributed by atoms with Gasteiger partial charge in [0, 0.05) is 11.1 Å². The molecule has 0 spiro atoms. The van der Waals surface area contributed by atoms with E-state index in [4.69, 9.17) is 28.6 Å². The summed E-state index contributed by atoms with van der Waals surface area (Å²) in [5, 5.41) is 2.99. The zero-order valence-electron chi connectivity index (χ0n) is 16.4. The Bertz CT molecular complexity index is 949. The van der Waals surface area contributed by atoms with E-state index in [-0.39, 0.29) is 11.7 Å². The van der Waals surface area contributed by atoms with E-state index in [9.17, 15) is 9.59 Å². The van der Waals surface area contributed by atoms with Crippen LogP contribution in [-0.4, -0.2) is 23.5 Å². The van der Waals surface area contributed by atoms with Crippen molar-refractivity contribution in [3.63, 3.8) is 0 Å². The third-order valence-electron chi connectivity index (χ3n) is 3.83. The average molecular weight is 511 g/mol. The zero-order valence-corrected chi connectivity index (χ0v) is 19.5. The summed E-state index contributed by atoms with van der Waals surface area (Å²) < 4.78 is 6.26. The van der Waals surface area contributed by atoms with E-state index in [1.807, 2.05) is 12.1 Å². The van der Waals surface area contributed by atoms with Crippen LogP contribution in [-0.2, 0) is 9.59 Å². The van der Waals surface area contributed by atoms with E-state index in [1.165, 1.54) is 6.08 Å². The predicted octanol–water partition coefficient (Wildman–Crippen LogP) is 4.34. The first-order valence-corrected chi connectivity index (χ1v) is 10.6. The van der Waals surface area contributed by atoms with Crippen molar-refractivity contribution in [2.75, 3.05) is 6.61 Å². The number of hydrogen-bond donors (Lipinski definition) is 3. The molecular formula is C21H21BrClN3O3S. The van der Waals surface area contributed by atoms with Crippen molar-refractivity contribution >= 4 is 62.8 Å². The molecule has 0 saturated heterocycles. The third kappa shape index (κ3) is 8.14. The largest absolute Gasteiger partial charge is 0.483 e. The van der Waals surface area contributed by atoms with E-state index in [0.29, 0.717) is 16.7 Å². The van der Waals surface area contributed by atoms with Crippen molar-refractivity contribution in [2.24, 2.45) is 0 Å². The van der Waals surface area contributed by atoms with E-state index < -0.39 is 11.8 Å². The maximum absolute atomic E-state index is 11.9. The number of ether oxygens (including phenoxy) is 1. The second-order valence-electron chi connectivity index (χ2n) is 6.51. The molecule has 2 aromatic carbocycles. The summed E-state index contributed by atoms with van der Waals surface area (Å²) in [6, 6.07) is 12.7. The highest BCUT2D eigenvalue weighted by atomic mass is 79.9. The minimum atomic E-state index is -0.455. The lowest BCUT2D eigenvalue weighted by Gasteiger charge is -2.12. The van der Waals surface area contributed by atoms with Gasteiger partial charge < -0.3 is 4.74 Å². The Morgan fingerprint density at radius 3 is 2.50 bits per heavy atom. The molecular weight excluding hydrogens is 490 g/mol. The molecule has 2 aromatic rings. The third-order valence-corrected chi connectivity index (χ3v) is 4.91. The van der Waals surface area contributed by atoms with E-state index in [0.717, 1.165) is 15.6 Å². The molecule has 0 unspecified atom stereocenters. The maximum Gasteiger partial charge on any atom is 0.276 e. The van der Waals surface area contributed by atoms with Gasteiger partial charge in [-0.3, -0.25) is 25.8 Å². The number of nitrogens with one attached hydrogen (secondary N) is 3. The summed E-state index contributed by atoms with van der Waals surface area (Å²) >= 11 is 14.2. The van der Waals surface area contributed by atoms with Crippen molar-refractivity contribution in [2.45, 2.75) is 19.8 Å². The van der Waals surface area contributed by atoms with Crippen LogP contribution < -0.4 is 20.9 Å². The Kier molecular flexibility index (Phi) is 9.29. The van der Waals surface area contributed by atoms with Gasteiger partial charge in [-0.1, -0.05) is 43.6 Å². The Morgan fingerprint density at radius 1 is 1.17 bits per heavy atom. The van der Waals surface area contributed by atoms with Crippen molar-refractivity contribution in [3.05, 3.63) is 69.2 Å². The highest BCUT2D eigenvalue weighted by Gasteiger charge is 2.09. The fourth-order valence-corrected chi connectivity index (χ4v) is 3.02. The minimum Gasteiger partial charge on any atom is -0.483 e. The Hall–Kier alpha value is -2.42. The number of amides is 2. The van der Waals surface area contributed by atoms with Gasteiger partial charge in [0.25, 0.3) is 5.91 Å². The van der Waals surface area contributed by atoms with Crippen molar-refractivity contribution in [1.82, 2.24) is 16.2 Å². The van der Waals surface area contributed by atoms with Crippen LogP contribution in [0.25, 0.3) is 6.08 Å². The molecule has 158 valence electrons. The number of halogens is 2. The van der Waals surface area contributed by atoms with Crippen LogP contribution in [0.2, 0.25) is 5.02 Å². The highest BCUT2D eigenvalue weighted by molar-refractivity contribution is 9.10. The number of rotatable bonds is 6. The minimum absolute atomic E-state index is 0.0448. The van der Waals surface area contributed by atoms with Crippen molar-refractivity contribution in [3.8, 4) is 5.75 Å². The Labute approximate surface area is 194 Å². The lowest BCUT2D eigenvalue weighted by Crippen LogP contribution is -2.49. The number of carbonyl (C=O) groups is 2. The molecule has 0 radical (unpaired) electrons. The zero-order chi connectivity index (χ0) is 22.1. The molecule has 0 atom stereocenters. The monoisotopic (exact) mass is 509 g/mol. The van der Waals surface area contributed by atoms with E-state index >= 15 is 0 Å². The molecule has 3 N–H and O–H groups in total. The average Bonchev–Trinajstić information content (AvgIpc) is 2.70. The molecule has 0 fully saturated rings. The van der Waals surface area contributed by atoms with Gasteiger partial charge in [-0.2, -0.15) is 0 Å². The lowest BCUT2D eigenvalue weighted by atomic mass is 10.0. The van der Waals surface area contributed by atoms with Crippen LogP contribution in [0.15, 0.2) is 53.0 Å². The molecule has 0 heterocycles. The standard InChI is InChI=1S/C21H21BrClN3O3S/c1-13(2)15-6-9-18(17(22)11-15)29-12-20(28)25-26-21(30)24-19(27)10-5-14-3-7-16(23)8-4-14/h3-11,13H,12H2,1-2H3,(H,25,28)(H2,24,26,27,30)/b10-5+. The van der Waals surface area contributed by atoms with Gasteiger partial charge in [-0.05, 0) is 75.5 Å². The molecule has 2 amide bonds. The molecule has 0 bridgehead atoms. The number of thiocarbonyl (C=S) groups is 1. The molecule has 2 rings (SSSR count). The number of hydrogen-bond acceptors (Lipinski definition) is 4. The lowest BCUT2D eigenvalue weighted by molar-refractivity contribution is -0.123. The molecule has 0 aliphatic heterocycles. The molecule has 9 heteroatoms. The van der Waals surface area contributed by atoms with Crippen LogP contribution in [0.3, 0.4) is 0 Å². The first kappa shape index (κ1) is 23.9. The number of benzene rings is 2. The summed E-state index contributed by atoms with van der Waals surface area (Å²) in [5.74, 6) is 0.0446. The van der Waals surface area contributed by atoms with Crippen LogP contribution >= 0.6 is 39.7 Å². The van der Waals surface area contributed by atoms with Gasteiger partial charge in [0.15, 0.2) is 11.7 Å². The number of hydrazine groups is 1. The van der Waals surface area contributed by atoms with Crippen LogP contribution in [0.1, 0.15) is 30.9 Å². The first-order valence-electron chi connectivity index (χ1n) is 9.00. The van der Waals surface area contributed by atoms with Crippen molar-refractivity contribution in [1.29, 1.82) is 0 Å². The first-order chi connectivity index (χ1) is 14.2. The second kappa shape index (κ2) is 11.7. The summed E-state index contributed by atoms with van der Waals surface area (Å²) in [4.78, 5) is 23.8. The molecule has 6 nitrogen and oxygen atoms in total. The smallest absolute Gasteiger partial charge is 0.276 e. The fraction of sp³-hybridized carbons (Fsp3) is 0.190. The second-order valence-corrected chi connectivity index (χ2v) is 8.21. The van der Waals surface area contributed by atoms with Crippen LogP contribution in [0.5, 0.6) is 5.75 Å². The normalized spacial score (nSPS) is 10.7. The fourth-order valence-electron chi connectivity index (χ4n) is 2.23. The predicted molar refractivity (Wildman–Crippen MR) is 126 cm³/mol. The molecule has 0 saturated carbocycles. The summed E-state index contributed by atoms with van der Waals surface area (Å²) in [6.45, 7) is 3.97. The van der Waals surface area contributed by atoms with Gasteiger partial charge in [0.1, 0.15) is 5.75 Å². The maximum atomic E-state index is 11.9. The molecule has 0 aliphatic rings. The van der Waals surface area contributed by atoms with E-state index in [2.05, 4.69) is 45.9 Å². The summed E-state index contributed by atoms with van der Waals surface area (Å²) in [7, 11) is 0. The Morgan fingerprint density at radius 2 is 1.87 bits per heavy atom. The quantitative estimate of drug-likeness (QED) is 0.306. The van der Waals surface area contributed by atoms with Crippen LogP contribution in [0.4, 0.5) is 0 Å². The van der Waals surface area contributed by atoms with Gasteiger partial charge in [-0.25, -0.2) is 0 Å². The SMILES string of the molecule is CC(C)c1ccc(OCC(=O)NNC(=S)NC(=O)/C=C/c2ccc(Cl)cc2)c(Br)c1. The highest BCUT2D eigenvalue weighted by Crippen LogP contribution is 2.28. The summed E-state index contributed by atoms with van der Waals surface area (Å²) in [5.41, 5.74) is 6.78. The Balaban J connectivity index is 1.73. The van der Waals surface area contributed by atoms with E-state index in [1.54, 1.807) is 36.4 Å². The molecule has 30 heavy (non-hydrogen) atoms. The van der Waals surface area contributed by atoms with Gasteiger partial charge in [0.2, 0.25) is 5.91 Å². The van der Waals surface area contributed by atoms with Crippen LogP contribution in [0, 0.1) is 0 Å². The van der Waals surface area contributed by atoms with Gasteiger partial charge >= 0.3 is 0 Å². The molecule has 0 aromatic heterocycles. The summed E-state index contributed by atoms with van der Waals surface area (Å²) in [6.07, 6.45) is 2.93. The van der Waals surface area contributed by atoms with Gasteiger partial charge in [-0.15, -0.1) is 0 Å². The molecule has 0 aliphatic carbocycles. The van der Waals surface area contributed by atoms with Gasteiger partial charge in [0.05, 0.1) is 4.47 Å².